The molecule has 0 amide bonds. The molecule has 0 aliphatic rings. The molecule has 3 rings (SSSR count). The number of carboxylic acid groups (broad SMARTS) is 1. The fraction of sp³-hybridized carbons (Fsp3) is 0.0588. The smallest absolute Gasteiger partial charge is 0.341 e. The highest BCUT2D eigenvalue weighted by Crippen LogP contribution is 2.31. The molecule has 5 heteroatoms. The maximum atomic E-state index is 12.6. The SMILES string of the molecule is COc1ccc(-c2ccccc2)c2c(=O)c(C(=O)O)c[nH]c12. The second-order valence-electron chi connectivity index (χ2n) is 4.77. The van der Waals surface area contributed by atoms with Gasteiger partial charge in [-0.3, -0.25) is 4.79 Å². The second kappa shape index (κ2) is 5.37. The molecule has 1 aromatic heterocycles. The van der Waals surface area contributed by atoms with Gasteiger partial charge >= 0.3 is 5.97 Å². The first kappa shape index (κ1) is 13.9. The number of hydrogen-bond donors (Lipinski definition) is 2. The summed E-state index contributed by atoms with van der Waals surface area (Å²) < 4.78 is 5.26. The van der Waals surface area contributed by atoms with E-state index in [9.17, 15) is 9.59 Å². The van der Waals surface area contributed by atoms with E-state index < -0.39 is 11.4 Å². The summed E-state index contributed by atoms with van der Waals surface area (Å²) in [6, 6.07) is 12.9. The van der Waals surface area contributed by atoms with Gasteiger partial charge in [0.1, 0.15) is 11.3 Å². The molecule has 0 atom stereocenters. The Bertz CT molecular complexity index is 913. The Morgan fingerprint density at radius 2 is 1.86 bits per heavy atom. The Morgan fingerprint density at radius 3 is 2.50 bits per heavy atom. The largest absolute Gasteiger partial charge is 0.495 e. The number of benzene rings is 2. The molecule has 0 saturated heterocycles. The van der Waals surface area contributed by atoms with Gasteiger partial charge in [-0.1, -0.05) is 30.3 Å². The van der Waals surface area contributed by atoms with E-state index in [0.29, 0.717) is 22.2 Å². The number of nitrogens with one attached hydrogen (secondary N) is 1. The van der Waals surface area contributed by atoms with Crippen LogP contribution in [0.5, 0.6) is 5.75 Å². The molecule has 5 nitrogen and oxygen atoms in total. The molecular formula is C17H13NO4. The van der Waals surface area contributed by atoms with E-state index in [-0.39, 0.29) is 5.56 Å². The van der Waals surface area contributed by atoms with Crippen molar-refractivity contribution in [2.75, 3.05) is 7.11 Å². The molecule has 0 spiro atoms. The van der Waals surface area contributed by atoms with Crippen LogP contribution in [-0.4, -0.2) is 23.2 Å². The van der Waals surface area contributed by atoms with Gasteiger partial charge in [-0.2, -0.15) is 0 Å². The first-order valence-corrected chi connectivity index (χ1v) is 6.64. The average molecular weight is 295 g/mol. The lowest BCUT2D eigenvalue weighted by Crippen LogP contribution is -2.16. The first-order chi connectivity index (χ1) is 10.6. The Kier molecular flexibility index (Phi) is 3.39. The van der Waals surface area contributed by atoms with Crippen LogP contribution in [0.3, 0.4) is 0 Å². The molecule has 3 aromatic rings. The maximum Gasteiger partial charge on any atom is 0.341 e. The fourth-order valence-corrected chi connectivity index (χ4v) is 2.49. The van der Waals surface area contributed by atoms with Gasteiger partial charge in [0.15, 0.2) is 0 Å². The number of fused-ring (bicyclic) bond motifs is 1. The Morgan fingerprint density at radius 1 is 1.14 bits per heavy atom. The molecule has 1 heterocycles. The number of carboxylic acids is 1. The van der Waals surface area contributed by atoms with E-state index in [1.807, 2.05) is 30.3 Å². The summed E-state index contributed by atoms with van der Waals surface area (Å²) >= 11 is 0. The molecule has 0 radical (unpaired) electrons. The van der Waals surface area contributed by atoms with Gasteiger partial charge in [0.2, 0.25) is 5.43 Å². The van der Waals surface area contributed by atoms with Crippen LogP contribution in [0.4, 0.5) is 0 Å². The summed E-state index contributed by atoms with van der Waals surface area (Å²) in [6.45, 7) is 0. The summed E-state index contributed by atoms with van der Waals surface area (Å²) in [5, 5.41) is 9.47. The molecule has 0 unspecified atom stereocenters. The lowest BCUT2D eigenvalue weighted by Gasteiger charge is -2.11. The van der Waals surface area contributed by atoms with Crippen LogP contribution in [0.1, 0.15) is 10.4 Å². The molecule has 0 saturated carbocycles. The minimum absolute atomic E-state index is 0.294. The summed E-state index contributed by atoms with van der Waals surface area (Å²) in [5.41, 5.74) is 1.17. The van der Waals surface area contributed by atoms with Crippen LogP contribution in [0.2, 0.25) is 0 Å². The highest BCUT2D eigenvalue weighted by Gasteiger charge is 2.17. The zero-order valence-electron chi connectivity index (χ0n) is 11.8. The molecule has 2 aromatic carbocycles. The summed E-state index contributed by atoms with van der Waals surface area (Å²) in [6.07, 6.45) is 1.20. The van der Waals surface area contributed by atoms with Gasteiger partial charge in [0.05, 0.1) is 18.0 Å². The van der Waals surface area contributed by atoms with Crippen molar-refractivity contribution in [3.05, 3.63) is 64.4 Å². The normalized spacial score (nSPS) is 10.6. The molecule has 0 aliphatic heterocycles. The van der Waals surface area contributed by atoms with Crippen molar-refractivity contribution in [2.24, 2.45) is 0 Å². The second-order valence-corrected chi connectivity index (χ2v) is 4.77. The number of ether oxygens (including phenoxy) is 1. The summed E-state index contributed by atoms with van der Waals surface area (Å²) in [4.78, 5) is 26.7. The summed E-state index contributed by atoms with van der Waals surface area (Å²) in [5.74, 6) is -0.770. The van der Waals surface area contributed by atoms with Crippen LogP contribution >= 0.6 is 0 Å². The van der Waals surface area contributed by atoms with E-state index in [2.05, 4.69) is 4.98 Å². The lowest BCUT2D eigenvalue weighted by molar-refractivity contribution is 0.0695. The maximum absolute atomic E-state index is 12.6. The predicted octanol–water partition coefficient (Wildman–Crippen LogP) is 2.90. The summed E-state index contributed by atoms with van der Waals surface area (Å²) in [7, 11) is 1.50. The highest BCUT2D eigenvalue weighted by atomic mass is 16.5. The number of rotatable bonds is 3. The van der Waals surface area contributed by atoms with Gasteiger partial charge in [-0.15, -0.1) is 0 Å². The Hall–Kier alpha value is -3.08. The zero-order chi connectivity index (χ0) is 15.7. The number of aromatic carboxylic acids is 1. The minimum Gasteiger partial charge on any atom is -0.495 e. The third-order valence-electron chi connectivity index (χ3n) is 3.53. The van der Waals surface area contributed by atoms with Gasteiger partial charge in [0, 0.05) is 6.20 Å². The number of hydrogen-bond acceptors (Lipinski definition) is 3. The third kappa shape index (κ3) is 2.13. The quantitative estimate of drug-likeness (QED) is 0.778. The van der Waals surface area contributed by atoms with Crippen molar-refractivity contribution in [3.63, 3.8) is 0 Å². The number of methoxy groups -OCH3 is 1. The van der Waals surface area contributed by atoms with Gasteiger partial charge in [-0.05, 0) is 23.3 Å². The van der Waals surface area contributed by atoms with E-state index in [4.69, 9.17) is 9.84 Å². The topological polar surface area (TPSA) is 79.4 Å². The number of H-pyrrole nitrogens is 1. The molecular weight excluding hydrogens is 282 g/mol. The van der Waals surface area contributed by atoms with Crippen molar-refractivity contribution in [1.29, 1.82) is 0 Å². The van der Waals surface area contributed by atoms with Crippen LogP contribution < -0.4 is 10.2 Å². The van der Waals surface area contributed by atoms with E-state index in [0.717, 1.165) is 5.56 Å². The van der Waals surface area contributed by atoms with Crippen molar-refractivity contribution in [2.45, 2.75) is 0 Å². The fourth-order valence-electron chi connectivity index (χ4n) is 2.49. The van der Waals surface area contributed by atoms with Crippen molar-refractivity contribution in [3.8, 4) is 16.9 Å². The molecule has 0 fully saturated rings. The van der Waals surface area contributed by atoms with Gasteiger partial charge in [0.25, 0.3) is 0 Å². The van der Waals surface area contributed by atoms with Crippen LogP contribution in [0.25, 0.3) is 22.0 Å². The van der Waals surface area contributed by atoms with Crippen molar-refractivity contribution in [1.82, 2.24) is 4.98 Å². The zero-order valence-corrected chi connectivity index (χ0v) is 11.8. The Balaban J connectivity index is 2.46. The third-order valence-corrected chi connectivity index (χ3v) is 3.53. The van der Waals surface area contributed by atoms with Gasteiger partial charge in [-0.25, -0.2) is 4.79 Å². The number of aromatic amines is 1. The predicted molar refractivity (Wildman–Crippen MR) is 83.5 cm³/mol. The minimum atomic E-state index is -1.26. The molecule has 110 valence electrons. The first-order valence-electron chi connectivity index (χ1n) is 6.64. The standard InChI is InChI=1S/C17H13NO4/c1-22-13-8-7-11(10-5-3-2-4-6-10)14-15(13)18-9-12(16(14)19)17(20)21/h2-9H,1H3,(H,18,19)(H,20,21). The van der Waals surface area contributed by atoms with Crippen LogP contribution in [-0.2, 0) is 0 Å². The Labute approximate surface area is 125 Å². The average Bonchev–Trinajstić information content (AvgIpc) is 2.54. The van der Waals surface area contributed by atoms with E-state index in [1.165, 1.54) is 13.3 Å². The van der Waals surface area contributed by atoms with Crippen LogP contribution in [0, 0.1) is 0 Å². The molecule has 0 bridgehead atoms. The number of pyridine rings is 1. The van der Waals surface area contributed by atoms with E-state index >= 15 is 0 Å². The van der Waals surface area contributed by atoms with Crippen molar-refractivity contribution >= 4 is 16.9 Å². The van der Waals surface area contributed by atoms with Crippen molar-refractivity contribution < 1.29 is 14.6 Å². The van der Waals surface area contributed by atoms with Gasteiger partial charge < -0.3 is 14.8 Å². The number of carbonyl (C=O) groups is 1. The molecule has 2 N–H and O–H groups in total. The molecule has 22 heavy (non-hydrogen) atoms. The van der Waals surface area contributed by atoms with Crippen LogP contribution in [0.15, 0.2) is 53.5 Å². The monoisotopic (exact) mass is 295 g/mol. The van der Waals surface area contributed by atoms with E-state index in [1.54, 1.807) is 12.1 Å². The highest BCUT2D eigenvalue weighted by molar-refractivity contribution is 6.01. The lowest BCUT2D eigenvalue weighted by atomic mass is 9.98. The molecule has 0 aliphatic carbocycles. The number of aromatic nitrogens is 1.